The van der Waals surface area contributed by atoms with Crippen molar-refractivity contribution in [2.24, 2.45) is 0 Å². The molecule has 9 nitrogen and oxygen atoms in total. The fourth-order valence-electron chi connectivity index (χ4n) is 2.51. The highest BCUT2D eigenvalue weighted by Crippen LogP contribution is 2.26. The standard InChI is InChI=1S/C19H12N4O5/c24-17(12-6-8-15(9-7-12)23(25)26)20-14-4-1-3-13(11-14)18-21-22-19(28-18)16-5-2-10-27-16/h1-11H,(H,20,24). The van der Waals surface area contributed by atoms with E-state index in [0.717, 1.165) is 0 Å². The minimum Gasteiger partial charge on any atom is -0.459 e. The fourth-order valence-corrected chi connectivity index (χ4v) is 2.51. The van der Waals surface area contributed by atoms with E-state index in [4.69, 9.17) is 8.83 Å². The van der Waals surface area contributed by atoms with E-state index >= 15 is 0 Å². The van der Waals surface area contributed by atoms with Crippen molar-refractivity contribution in [3.05, 3.63) is 82.6 Å². The predicted octanol–water partition coefficient (Wildman–Crippen LogP) is 4.16. The Hall–Kier alpha value is -4.27. The van der Waals surface area contributed by atoms with Crippen LogP contribution in [0.3, 0.4) is 0 Å². The zero-order valence-electron chi connectivity index (χ0n) is 14.2. The van der Waals surface area contributed by atoms with Gasteiger partial charge in [0.1, 0.15) is 0 Å². The van der Waals surface area contributed by atoms with Crippen LogP contribution in [-0.2, 0) is 0 Å². The van der Waals surface area contributed by atoms with Crippen molar-refractivity contribution >= 4 is 17.3 Å². The summed E-state index contributed by atoms with van der Waals surface area (Å²) in [7, 11) is 0. The van der Waals surface area contributed by atoms with Crippen LogP contribution in [0, 0.1) is 10.1 Å². The first kappa shape index (κ1) is 17.2. The highest BCUT2D eigenvalue weighted by atomic mass is 16.6. The van der Waals surface area contributed by atoms with Gasteiger partial charge in [0.2, 0.25) is 5.89 Å². The van der Waals surface area contributed by atoms with E-state index < -0.39 is 10.8 Å². The lowest BCUT2D eigenvalue weighted by Gasteiger charge is -2.06. The normalized spacial score (nSPS) is 10.6. The molecule has 138 valence electrons. The van der Waals surface area contributed by atoms with Crippen LogP contribution in [0.4, 0.5) is 11.4 Å². The van der Waals surface area contributed by atoms with Gasteiger partial charge in [-0.05, 0) is 42.5 Å². The summed E-state index contributed by atoms with van der Waals surface area (Å²) in [4.78, 5) is 22.5. The van der Waals surface area contributed by atoms with Crippen LogP contribution in [0.5, 0.6) is 0 Å². The molecule has 2 aromatic carbocycles. The molecule has 9 heteroatoms. The lowest BCUT2D eigenvalue weighted by Crippen LogP contribution is -2.11. The minimum absolute atomic E-state index is 0.0812. The van der Waals surface area contributed by atoms with Gasteiger partial charge in [-0.3, -0.25) is 14.9 Å². The van der Waals surface area contributed by atoms with E-state index in [1.807, 2.05) is 0 Å². The Morgan fingerprint density at radius 2 is 1.79 bits per heavy atom. The van der Waals surface area contributed by atoms with E-state index in [2.05, 4.69) is 15.5 Å². The Kier molecular flexibility index (Phi) is 4.38. The number of nitro benzene ring substituents is 1. The Morgan fingerprint density at radius 1 is 1.00 bits per heavy atom. The minimum atomic E-state index is -0.521. The first-order valence-electron chi connectivity index (χ1n) is 8.14. The molecule has 0 aliphatic rings. The zero-order valence-corrected chi connectivity index (χ0v) is 14.2. The SMILES string of the molecule is O=C(Nc1cccc(-c2nnc(-c3ccco3)o2)c1)c1ccc([N+](=O)[O-])cc1. The van der Waals surface area contributed by atoms with Gasteiger partial charge in [0, 0.05) is 28.9 Å². The summed E-state index contributed by atoms with van der Waals surface area (Å²) in [6.45, 7) is 0. The van der Waals surface area contributed by atoms with E-state index in [1.165, 1.54) is 30.5 Å². The lowest BCUT2D eigenvalue weighted by molar-refractivity contribution is -0.384. The number of amides is 1. The van der Waals surface area contributed by atoms with Gasteiger partial charge >= 0.3 is 0 Å². The molecule has 1 N–H and O–H groups in total. The number of anilines is 1. The third kappa shape index (κ3) is 3.49. The first-order valence-corrected chi connectivity index (χ1v) is 8.14. The molecule has 4 rings (SSSR count). The summed E-state index contributed by atoms with van der Waals surface area (Å²) in [5.74, 6) is 0.591. The highest BCUT2D eigenvalue weighted by Gasteiger charge is 2.14. The van der Waals surface area contributed by atoms with Gasteiger partial charge in [-0.25, -0.2) is 0 Å². The number of hydrogen-bond acceptors (Lipinski definition) is 7. The van der Waals surface area contributed by atoms with Crippen molar-refractivity contribution in [1.29, 1.82) is 0 Å². The summed E-state index contributed by atoms with van der Waals surface area (Å²) in [5, 5.41) is 21.4. The van der Waals surface area contributed by atoms with Crippen LogP contribution in [-0.4, -0.2) is 21.0 Å². The number of non-ortho nitro benzene ring substituents is 1. The third-order valence-electron chi connectivity index (χ3n) is 3.86. The lowest BCUT2D eigenvalue weighted by atomic mass is 10.1. The van der Waals surface area contributed by atoms with Crippen LogP contribution in [0.1, 0.15) is 10.4 Å². The number of nitro groups is 1. The Labute approximate surface area is 157 Å². The number of nitrogens with zero attached hydrogens (tertiary/aromatic N) is 3. The molecule has 0 bridgehead atoms. The van der Waals surface area contributed by atoms with Crippen molar-refractivity contribution in [2.45, 2.75) is 0 Å². The maximum Gasteiger partial charge on any atom is 0.283 e. The Bertz CT molecular complexity index is 1130. The molecule has 0 atom stereocenters. The van der Waals surface area contributed by atoms with Crippen LogP contribution >= 0.6 is 0 Å². The van der Waals surface area contributed by atoms with E-state index in [9.17, 15) is 14.9 Å². The van der Waals surface area contributed by atoms with Gasteiger partial charge in [0.25, 0.3) is 17.5 Å². The molecule has 2 aromatic heterocycles. The molecule has 0 saturated carbocycles. The Balaban J connectivity index is 1.52. The van der Waals surface area contributed by atoms with Crippen LogP contribution < -0.4 is 5.32 Å². The average molecular weight is 376 g/mol. The smallest absolute Gasteiger partial charge is 0.283 e. The van der Waals surface area contributed by atoms with E-state index in [1.54, 1.807) is 36.4 Å². The fraction of sp³-hybridized carbons (Fsp3) is 0. The third-order valence-corrected chi connectivity index (χ3v) is 3.86. The molecule has 28 heavy (non-hydrogen) atoms. The number of aromatic nitrogens is 2. The summed E-state index contributed by atoms with van der Waals surface area (Å²) in [6.07, 6.45) is 1.51. The van der Waals surface area contributed by atoms with Crippen molar-refractivity contribution in [2.75, 3.05) is 5.32 Å². The number of benzene rings is 2. The van der Waals surface area contributed by atoms with Gasteiger partial charge in [0.05, 0.1) is 11.2 Å². The molecule has 0 saturated heterocycles. The number of hydrogen-bond donors (Lipinski definition) is 1. The second kappa shape index (κ2) is 7.16. The van der Waals surface area contributed by atoms with Crippen molar-refractivity contribution < 1.29 is 18.6 Å². The number of carbonyl (C=O) groups excluding carboxylic acids is 1. The summed E-state index contributed by atoms with van der Waals surface area (Å²) in [6, 6.07) is 15.7. The zero-order chi connectivity index (χ0) is 19.5. The van der Waals surface area contributed by atoms with Gasteiger partial charge in [-0.1, -0.05) is 6.07 Å². The quantitative estimate of drug-likeness (QED) is 0.409. The van der Waals surface area contributed by atoms with Gasteiger partial charge in [-0.15, -0.1) is 10.2 Å². The van der Waals surface area contributed by atoms with Crippen molar-refractivity contribution in [1.82, 2.24) is 10.2 Å². The molecule has 2 heterocycles. The average Bonchev–Trinajstić information content (AvgIpc) is 3.40. The number of nitrogens with one attached hydrogen (secondary N) is 1. The molecule has 1 amide bonds. The molecule has 0 aliphatic carbocycles. The van der Waals surface area contributed by atoms with Crippen molar-refractivity contribution in [3.63, 3.8) is 0 Å². The molecule has 0 radical (unpaired) electrons. The molecular weight excluding hydrogens is 364 g/mol. The van der Waals surface area contributed by atoms with Crippen LogP contribution in [0.2, 0.25) is 0 Å². The van der Waals surface area contributed by atoms with Gasteiger partial charge in [-0.2, -0.15) is 0 Å². The number of carbonyl (C=O) groups is 1. The maximum atomic E-state index is 12.4. The van der Waals surface area contributed by atoms with Crippen LogP contribution in [0.25, 0.3) is 23.1 Å². The largest absolute Gasteiger partial charge is 0.459 e. The topological polar surface area (TPSA) is 124 Å². The molecule has 0 fully saturated rings. The van der Waals surface area contributed by atoms with E-state index in [-0.39, 0.29) is 17.5 Å². The maximum absolute atomic E-state index is 12.4. The summed E-state index contributed by atoms with van der Waals surface area (Å²) >= 11 is 0. The number of rotatable bonds is 5. The first-order chi connectivity index (χ1) is 13.6. The van der Waals surface area contributed by atoms with Crippen molar-refractivity contribution in [3.8, 4) is 23.1 Å². The second-order valence-corrected chi connectivity index (χ2v) is 5.73. The summed E-state index contributed by atoms with van der Waals surface area (Å²) in [5.41, 5.74) is 1.35. The van der Waals surface area contributed by atoms with E-state index in [0.29, 0.717) is 22.6 Å². The number of furan rings is 1. The van der Waals surface area contributed by atoms with Gasteiger partial charge in [0.15, 0.2) is 5.76 Å². The predicted molar refractivity (Wildman–Crippen MR) is 98.5 cm³/mol. The monoisotopic (exact) mass is 376 g/mol. The molecule has 4 aromatic rings. The Morgan fingerprint density at radius 3 is 2.50 bits per heavy atom. The highest BCUT2D eigenvalue weighted by molar-refractivity contribution is 6.04. The molecule has 0 unspecified atom stereocenters. The van der Waals surface area contributed by atoms with Crippen LogP contribution in [0.15, 0.2) is 75.8 Å². The second-order valence-electron chi connectivity index (χ2n) is 5.73. The molecular formula is C19H12N4O5. The summed E-state index contributed by atoms with van der Waals surface area (Å²) < 4.78 is 10.8. The van der Waals surface area contributed by atoms with Gasteiger partial charge < -0.3 is 14.2 Å². The molecule has 0 spiro atoms. The molecule has 0 aliphatic heterocycles.